The SMILES string of the molecule is Cc1cc2cc3oc4c(-c5ccccn5)cccc4c3cc2s1. The van der Waals surface area contributed by atoms with Gasteiger partial charge in [0.1, 0.15) is 11.2 Å². The third-order valence-corrected chi connectivity index (χ3v) is 5.21. The van der Waals surface area contributed by atoms with Crippen molar-refractivity contribution in [3.63, 3.8) is 0 Å². The zero-order chi connectivity index (χ0) is 15.4. The molecule has 0 fully saturated rings. The van der Waals surface area contributed by atoms with Crippen molar-refractivity contribution in [3.8, 4) is 11.3 Å². The lowest BCUT2D eigenvalue weighted by Crippen LogP contribution is -1.81. The number of nitrogens with zero attached hydrogens (tertiary/aromatic N) is 1. The molecule has 0 bridgehead atoms. The van der Waals surface area contributed by atoms with Crippen molar-refractivity contribution >= 4 is 43.4 Å². The minimum absolute atomic E-state index is 0.913. The van der Waals surface area contributed by atoms with Crippen LogP contribution in [0.15, 0.2) is 65.2 Å². The average molecular weight is 315 g/mol. The lowest BCUT2D eigenvalue weighted by atomic mass is 10.1. The first-order valence-electron chi connectivity index (χ1n) is 7.56. The maximum absolute atomic E-state index is 6.22. The van der Waals surface area contributed by atoms with Crippen LogP contribution < -0.4 is 0 Å². The molecule has 2 aromatic carbocycles. The normalized spacial score (nSPS) is 11.7. The van der Waals surface area contributed by atoms with Crippen molar-refractivity contribution in [2.75, 3.05) is 0 Å². The number of hydrogen-bond donors (Lipinski definition) is 0. The summed E-state index contributed by atoms with van der Waals surface area (Å²) in [6, 6.07) is 18.8. The molecule has 0 spiro atoms. The van der Waals surface area contributed by atoms with Gasteiger partial charge in [-0.15, -0.1) is 11.3 Å². The summed E-state index contributed by atoms with van der Waals surface area (Å²) in [6.45, 7) is 2.14. The molecule has 0 saturated heterocycles. The van der Waals surface area contributed by atoms with Gasteiger partial charge in [0.2, 0.25) is 0 Å². The van der Waals surface area contributed by atoms with Crippen LogP contribution in [0.4, 0.5) is 0 Å². The van der Waals surface area contributed by atoms with Crippen LogP contribution in [0.25, 0.3) is 43.3 Å². The van der Waals surface area contributed by atoms with Crippen molar-refractivity contribution in [1.29, 1.82) is 0 Å². The lowest BCUT2D eigenvalue weighted by Gasteiger charge is -2.00. The number of aromatic nitrogens is 1. The molecule has 3 aromatic heterocycles. The fraction of sp³-hybridized carbons (Fsp3) is 0.0500. The third kappa shape index (κ3) is 1.90. The molecule has 0 aliphatic carbocycles. The first-order chi connectivity index (χ1) is 11.3. The lowest BCUT2D eigenvalue weighted by molar-refractivity contribution is 0.670. The van der Waals surface area contributed by atoms with Gasteiger partial charge in [-0.25, -0.2) is 0 Å². The summed E-state index contributed by atoms with van der Waals surface area (Å²) in [6.07, 6.45) is 1.82. The second kappa shape index (κ2) is 4.67. The van der Waals surface area contributed by atoms with Crippen LogP contribution in [0, 0.1) is 6.92 Å². The Morgan fingerprint density at radius 1 is 0.957 bits per heavy atom. The summed E-state index contributed by atoms with van der Waals surface area (Å²) < 4.78 is 7.53. The number of benzene rings is 2. The Morgan fingerprint density at radius 2 is 1.91 bits per heavy atom. The maximum atomic E-state index is 6.22. The van der Waals surface area contributed by atoms with E-state index >= 15 is 0 Å². The number of furan rings is 1. The van der Waals surface area contributed by atoms with Crippen LogP contribution in [-0.2, 0) is 0 Å². The van der Waals surface area contributed by atoms with Gasteiger partial charge in [-0.05, 0) is 48.7 Å². The Labute approximate surface area is 137 Å². The molecule has 0 saturated carbocycles. The number of hydrogen-bond acceptors (Lipinski definition) is 3. The maximum Gasteiger partial charge on any atom is 0.144 e. The van der Waals surface area contributed by atoms with Crippen molar-refractivity contribution in [3.05, 3.63) is 65.7 Å². The van der Waals surface area contributed by atoms with E-state index in [2.05, 4.69) is 48.3 Å². The zero-order valence-electron chi connectivity index (χ0n) is 12.5. The van der Waals surface area contributed by atoms with Crippen LogP contribution in [0.2, 0.25) is 0 Å². The molecule has 0 aliphatic rings. The topological polar surface area (TPSA) is 26.0 Å². The van der Waals surface area contributed by atoms with Crippen LogP contribution >= 0.6 is 11.3 Å². The molecule has 0 atom stereocenters. The van der Waals surface area contributed by atoms with Crippen LogP contribution in [-0.4, -0.2) is 4.98 Å². The summed E-state index contributed by atoms with van der Waals surface area (Å²) >= 11 is 1.83. The van der Waals surface area contributed by atoms with Gasteiger partial charge in [-0.3, -0.25) is 4.98 Å². The molecular weight excluding hydrogens is 302 g/mol. The zero-order valence-corrected chi connectivity index (χ0v) is 13.4. The van der Waals surface area contributed by atoms with Crippen molar-refractivity contribution in [1.82, 2.24) is 4.98 Å². The van der Waals surface area contributed by atoms with Crippen LogP contribution in [0.5, 0.6) is 0 Å². The van der Waals surface area contributed by atoms with Crippen molar-refractivity contribution in [2.45, 2.75) is 6.92 Å². The van der Waals surface area contributed by atoms with E-state index in [1.807, 2.05) is 35.7 Å². The predicted molar refractivity (Wildman–Crippen MR) is 97.1 cm³/mol. The van der Waals surface area contributed by atoms with Crippen LogP contribution in [0.1, 0.15) is 4.88 Å². The molecule has 110 valence electrons. The molecule has 3 heterocycles. The fourth-order valence-corrected chi connectivity index (χ4v) is 4.13. The van der Waals surface area contributed by atoms with E-state index in [-0.39, 0.29) is 0 Å². The number of rotatable bonds is 1. The molecule has 5 aromatic rings. The van der Waals surface area contributed by atoms with Gasteiger partial charge in [0, 0.05) is 32.1 Å². The van der Waals surface area contributed by atoms with E-state index in [9.17, 15) is 0 Å². The Morgan fingerprint density at radius 3 is 2.78 bits per heavy atom. The van der Waals surface area contributed by atoms with Crippen molar-refractivity contribution in [2.24, 2.45) is 0 Å². The first kappa shape index (κ1) is 12.9. The van der Waals surface area contributed by atoms with E-state index in [0.717, 1.165) is 27.8 Å². The van der Waals surface area contributed by atoms with Crippen molar-refractivity contribution < 1.29 is 4.42 Å². The third-order valence-electron chi connectivity index (χ3n) is 4.20. The van der Waals surface area contributed by atoms with E-state index in [0.29, 0.717) is 0 Å². The highest BCUT2D eigenvalue weighted by atomic mass is 32.1. The molecule has 0 radical (unpaired) electrons. The second-order valence-electron chi connectivity index (χ2n) is 5.74. The highest BCUT2D eigenvalue weighted by Crippen LogP contribution is 2.38. The van der Waals surface area contributed by atoms with E-state index in [1.54, 1.807) is 0 Å². The molecular formula is C20H13NOS. The summed E-state index contributed by atoms with van der Waals surface area (Å²) in [4.78, 5) is 5.79. The molecule has 5 rings (SSSR count). The van der Waals surface area contributed by atoms with E-state index in [4.69, 9.17) is 4.42 Å². The number of para-hydroxylation sites is 1. The summed E-state index contributed by atoms with van der Waals surface area (Å²) in [5.74, 6) is 0. The minimum Gasteiger partial charge on any atom is -0.455 e. The number of aryl methyl sites for hydroxylation is 1. The molecule has 0 unspecified atom stereocenters. The highest BCUT2D eigenvalue weighted by molar-refractivity contribution is 7.19. The Hall–Kier alpha value is -2.65. The molecule has 2 nitrogen and oxygen atoms in total. The van der Waals surface area contributed by atoms with Gasteiger partial charge in [0.25, 0.3) is 0 Å². The van der Waals surface area contributed by atoms with Gasteiger partial charge in [-0.2, -0.15) is 0 Å². The summed E-state index contributed by atoms with van der Waals surface area (Å²) in [5.41, 5.74) is 3.83. The van der Waals surface area contributed by atoms with E-state index in [1.165, 1.54) is 20.3 Å². The number of pyridine rings is 1. The summed E-state index contributed by atoms with van der Waals surface area (Å²) in [7, 11) is 0. The Balaban J connectivity index is 1.89. The minimum atomic E-state index is 0.913. The molecule has 0 amide bonds. The highest BCUT2D eigenvalue weighted by Gasteiger charge is 2.14. The average Bonchev–Trinajstić information content (AvgIpc) is 3.11. The molecule has 23 heavy (non-hydrogen) atoms. The van der Waals surface area contributed by atoms with Gasteiger partial charge in [-0.1, -0.05) is 18.2 Å². The first-order valence-corrected chi connectivity index (χ1v) is 8.38. The van der Waals surface area contributed by atoms with Gasteiger partial charge in [0.15, 0.2) is 0 Å². The Bertz CT molecular complexity index is 1170. The quantitative estimate of drug-likeness (QED) is 0.369. The van der Waals surface area contributed by atoms with Gasteiger partial charge >= 0.3 is 0 Å². The monoisotopic (exact) mass is 315 g/mol. The van der Waals surface area contributed by atoms with Gasteiger partial charge in [0.05, 0.1) is 5.69 Å². The van der Waals surface area contributed by atoms with E-state index < -0.39 is 0 Å². The molecule has 0 N–H and O–H groups in total. The van der Waals surface area contributed by atoms with Crippen LogP contribution in [0.3, 0.4) is 0 Å². The molecule has 3 heteroatoms. The largest absolute Gasteiger partial charge is 0.455 e. The summed E-state index contributed by atoms with van der Waals surface area (Å²) in [5, 5.41) is 3.57. The smallest absolute Gasteiger partial charge is 0.144 e. The number of thiophene rings is 1. The van der Waals surface area contributed by atoms with Gasteiger partial charge < -0.3 is 4.42 Å². The predicted octanol–water partition coefficient (Wildman–Crippen LogP) is 6.17. The standard InChI is InChI=1S/C20H13NOS/c1-12-9-13-10-18-16(11-19(13)23-12)14-5-4-6-15(20(14)22-18)17-7-2-3-8-21-17/h2-11H,1H3. The second-order valence-corrected chi connectivity index (χ2v) is 7.03. The molecule has 0 aliphatic heterocycles. The fourth-order valence-electron chi connectivity index (χ4n) is 3.19. The number of fused-ring (bicyclic) bond motifs is 4. The Kier molecular flexibility index (Phi) is 2.61.